The molecule has 0 amide bonds. The third-order valence-corrected chi connectivity index (χ3v) is 5.36. The van der Waals surface area contributed by atoms with Gasteiger partial charge >= 0.3 is 0 Å². The first-order valence-electron chi connectivity index (χ1n) is 8.92. The van der Waals surface area contributed by atoms with Gasteiger partial charge in [0.1, 0.15) is 12.4 Å². The lowest BCUT2D eigenvalue weighted by Crippen LogP contribution is -2.35. The van der Waals surface area contributed by atoms with Gasteiger partial charge in [-0.1, -0.05) is 48.9 Å². The fourth-order valence-corrected chi connectivity index (χ4v) is 4.14. The van der Waals surface area contributed by atoms with E-state index in [4.69, 9.17) is 4.74 Å². The normalized spacial score (nSPS) is 24.3. The third-order valence-electron chi connectivity index (χ3n) is 5.36. The largest absolute Gasteiger partial charge is 0.489 e. The number of piperidine rings is 1. The molecule has 0 aromatic heterocycles. The number of rotatable bonds is 4. The molecule has 2 saturated heterocycles. The predicted molar refractivity (Wildman–Crippen MR) is 93.5 cm³/mol. The molecule has 0 unspecified atom stereocenters. The van der Waals surface area contributed by atoms with Crippen LogP contribution in [0.4, 0.5) is 0 Å². The highest BCUT2D eigenvalue weighted by Gasteiger charge is 2.35. The monoisotopic (exact) mass is 307 g/mol. The molecule has 2 nitrogen and oxygen atoms in total. The Kier molecular flexibility index (Phi) is 4.34. The summed E-state index contributed by atoms with van der Waals surface area (Å²) in [7, 11) is 0. The molecular weight excluding hydrogens is 282 g/mol. The molecule has 0 radical (unpaired) electrons. The second-order valence-electron chi connectivity index (χ2n) is 6.82. The molecule has 2 aliphatic rings. The van der Waals surface area contributed by atoms with E-state index in [9.17, 15) is 0 Å². The molecule has 0 saturated carbocycles. The summed E-state index contributed by atoms with van der Waals surface area (Å²) in [6, 6.07) is 20.6. The van der Waals surface area contributed by atoms with Crippen molar-refractivity contribution in [1.29, 1.82) is 0 Å². The second kappa shape index (κ2) is 6.76. The number of fused-ring (bicyclic) bond motifs is 1. The molecule has 0 aliphatic carbocycles. The van der Waals surface area contributed by atoms with Gasteiger partial charge in [-0.2, -0.15) is 0 Å². The van der Waals surface area contributed by atoms with Crippen LogP contribution in [0.1, 0.15) is 49.3 Å². The number of hydrogen-bond donors (Lipinski definition) is 0. The van der Waals surface area contributed by atoms with E-state index < -0.39 is 0 Å². The zero-order chi connectivity index (χ0) is 15.5. The lowest BCUT2D eigenvalue weighted by atomic mass is 10.0. The summed E-state index contributed by atoms with van der Waals surface area (Å²) in [4.78, 5) is 2.74. The van der Waals surface area contributed by atoms with Crippen LogP contribution in [0.5, 0.6) is 5.75 Å². The van der Waals surface area contributed by atoms with E-state index in [2.05, 4.69) is 53.4 Å². The number of benzene rings is 2. The first kappa shape index (κ1) is 14.8. The Morgan fingerprint density at radius 2 is 1.70 bits per heavy atom. The van der Waals surface area contributed by atoms with E-state index in [1.165, 1.54) is 49.8 Å². The van der Waals surface area contributed by atoms with Crippen LogP contribution in [0.25, 0.3) is 0 Å². The van der Waals surface area contributed by atoms with Crippen LogP contribution < -0.4 is 4.74 Å². The molecule has 2 aliphatic heterocycles. The van der Waals surface area contributed by atoms with Crippen LogP contribution in [-0.4, -0.2) is 17.5 Å². The van der Waals surface area contributed by atoms with Crippen molar-refractivity contribution in [3.63, 3.8) is 0 Å². The van der Waals surface area contributed by atoms with Crippen molar-refractivity contribution >= 4 is 0 Å². The van der Waals surface area contributed by atoms with Gasteiger partial charge in [0.25, 0.3) is 0 Å². The Morgan fingerprint density at radius 3 is 2.52 bits per heavy atom. The second-order valence-corrected chi connectivity index (χ2v) is 6.82. The topological polar surface area (TPSA) is 12.5 Å². The minimum Gasteiger partial charge on any atom is -0.489 e. The minimum absolute atomic E-state index is 0.628. The lowest BCUT2D eigenvalue weighted by Gasteiger charge is -2.34. The lowest BCUT2D eigenvalue weighted by molar-refractivity contribution is 0.150. The summed E-state index contributed by atoms with van der Waals surface area (Å²) in [6.45, 7) is 1.92. The van der Waals surface area contributed by atoms with Crippen LogP contribution in [0.3, 0.4) is 0 Å². The molecule has 2 heterocycles. The highest BCUT2D eigenvalue weighted by atomic mass is 16.5. The van der Waals surface area contributed by atoms with Gasteiger partial charge in [0.2, 0.25) is 0 Å². The van der Waals surface area contributed by atoms with E-state index in [-0.39, 0.29) is 0 Å². The number of ether oxygens (including phenoxy) is 1. The first-order chi connectivity index (χ1) is 11.4. The standard InChI is InChI=1S/C21H25NO/c1-2-6-17(7-3-1)16-23-20-12-9-18(10-13-20)21-14-11-19-8-4-5-15-22(19)21/h1-3,6-7,9-10,12-13,19,21H,4-5,8,11,14-16H2/t19-,21-/m0/s1. The van der Waals surface area contributed by atoms with Crippen molar-refractivity contribution in [1.82, 2.24) is 4.90 Å². The smallest absolute Gasteiger partial charge is 0.119 e. The Balaban J connectivity index is 1.40. The van der Waals surface area contributed by atoms with Crippen LogP contribution in [-0.2, 0) is 6.61 Å². The average Bonchev–Trinajstić information content (AvgIpc) is 3.05. The average molecular weight is 307 g/mol. The van der Waals surface area contributed by atoms with Crippen molar-refractivity contribution in [3.05, 3.63) is 65.7 Å². The Bertz CT molecular complexity index is 622. The van der Waals surface area contributed by atoms with Crippen LogP contribution >= 0.6 is 0 Å². The molecule has 2 atom stereocenters. The van der Waals surface area contributed by atoms with Crippen LogP contribution in [0.2, 0.25) is 0 Å². The maximum absolute atomic E-state index is 5.90. The van der Waals surface area contributed by atoms with Crippen molar-refractivity contribution in [2.75, 3.05) is 6.54 Å². The minimum atomic E-state index is 0.628. The maximum Gasteiger partial charge on any atom is 0.119 e. The zero-order valence-electron chi connectivity index (χ0n) is 13.7. The van der Waals surface area contributed by atoms with Crippen LogP contribution in [0, 0.1) is 0 Å². The summed E-state index contributed by atoms with van der Waals surface area (Å²) in [5.41, 5.74) is 2.67. The Labute approximate surface area is 139 Å². The number of hydrogen-bond acceptors (Lipinski definition) is 2. The zero-order valence-corrected chi connectivity index (χ0v) is 13.7. The van der Waals surface area contributed by atoms with Crippen LogP contribution in [0.15, 0.2) is 54.6 Å². The van der Waals surface area contributed by atoms with Crippen molar-refractivity contribution in [2.24, 2.45) is 0 Å². The number of nitrogens with zero attached hydrogens (tertiary/aromatic N) is 1. The van der Waals surface area contributed by atoms with Crippen molar-refractivity contribution < 1.29 is 4.74 Å². The third kappa shape index (κ3) is 3.28. The van der Waals surface area contributed by atoms with Gasteiger partial charge in [-0.05, 0) is 55.5 Å². The van der Waals surface area contributed by atoms with Gasteiger partial charge in [0.15, 0.2) is 0 Å². The Hall–Kier alpha value is -1.80. The first-order valence-corrected chi connectivity index (χ1v) is 8.92. The molecule has 0 N–H and O–H groups in total. The van der Waals surface area contributed by atoms with E-state index in [1.54, 1.807) is 0 Å². The maximum atomic E-state index is 5.90. The van der Waals surface area contributed by atoms with E-state index in [0.29, 0.717) is 12.6 Å². The van der Waals surface area contributed by atoms with E-state index in [1.807, 2.05) is 6.07 Å². The van der Waals surface area contributed by atoms with Crippen molar-refractivity contribution in [2.45, 2.75) is 50.8 Å². The van der Waals surface area contributed by atoms with Gasteiger partial charge in [-0.25, -0.2) is 0 Å². The Morgan fingerprint density at radius 1 is 0.870 bits per heavy atom. The van der Waals surface area contributed by atoms with E-state index in [0.717, 1.165) is 11.8 Å². The predicted octanol–water partition coefficient (Wildman–Crippen LogP) is 4.96. The summed E-state index contributed by atoms with van der Waals surface area (Å²) in [6.07, 6.45) is 6.87. The molecule has 4 rings (SSSR count). The van der Waals surface area contributed by atoms with Gasteiger partial charge < -0.3 is 4.74 Å². The molecule has 120 valence electrons. The van der Waals surface area contributed by atoms with Gasteiger partial charge in [0.05, 0.1) is 0 Å². The van der Waals surface area contributed by atoms with Gasteiger partial charge in [-0.3, -0.25) is 4.90 Å². The SMILES string of the molecule is c1ccc(COc2ccc([C@@H]3CC[C@@H]4CCCCN43)cc2)cc1. The molecule has 2 aromatic rings. The summed E-state index contributed by atoms with van der Waals surface area (Å²) in [5.74, 6) is 0.964. The quantitative estimate of drug-likeness (QED) is 0.792. The van der Waals surface area contributed by atoms with Gasteiger partial charge in [-0.15, -0.1) is 0 Å². The highest BCUT2D eigenvalue weighted by Crippen LogP contribution is 2.40. The summed E-state index contributed by atoms with van der Waals surface area (Å²) < 4.78 is 5.90. The van der Waals surface area contributed by atoms with E-state index >= 15 is 0 Å². The fourth-order valence-electron chi connectivity index (χ4n) is 4.14. The highest BCUT2D eigenvalue weighted by molar-refractivity contribution is 5.30. The molecule has 2 aromatic carbocycles. The van der Waals surface area contributed by atoms with Gasteiger partial charge in [0, 0.05) is 12.1 Å². The molecule has 0 bridgehead atoms. The van der Waals surface area contributed by atoms with Crippen molar-refractivity contribution in [3.8, 4) is 5.75 Å². The molecular formula is C21H25NO. The molecule has 2 fully saturated rings. The molecule has 23 heavy (non-hydrogen) atoms. The molecule has 0 spiro atoms. The molecule has 2 heteroatoms. The summed E-state index contributed by atoms with van der Waals surface area (Å²) in [5, 5.41) is 0. The fraction of sp³-hybridized carbons (Fsp3) is 0.429. The summed E-state index contributed by atoms with van der Waals surface area (Å²) >= 11 is 0.